The molecular formula is C33H42N2O5S2. The molecule has 0 unspecified atom stereocenters. The van der Waals surface area contributed by atoms with Crippen LogP contribution in [0.15, 0.2) is 64.9 Å². The third kappa shape index (κ3) is 6.44. The molecule has 1 aromatic heterocycles. The number of aliphatic hydroxyl groups is 1. The summed E-state index contributed by atoms with van der Waals surface area (Å²) in [5.41, 5.74) is 3.20. The lowest BCUT2D eigenvalue weighted by Gasteiger charge is -2.48. The topological polar surface area (TPSA) is 105 Å². The van der Waals surface area contributed by atoms with Crippen LogP contribution in [0.4, 0.5) is 0 Å². The van der Waals surface area contributed by atoms with Gasteiger partial charge < -0.3 is 20.5 Å². The maximum Gasteiger partial charge on any atom is 0.261 e. The molecule has 0 radical (unpaired) electrons. The van der Waals surface area contributed by atoms with E-state index in [1.165, 1.54) is 11.6 Å². The Morgan fingerprint density at radius 3 is 2.48 bits per heavy atom. The van der Waals surface area contributed by atoms with Gasteiger partial charge >= 0.3 is 0 Å². The molecule has 1 saturated carbocycles. The van der Waals surface area contributed by atoms with Crippen LogP contribution in [0.2, 0.25) is 0 Å². The van der Waals surface area contributed by atoms with Gasteiger partial charge in [0.25, 0.3) is 5.91 Å². The summed E-state index contributed by atoms with van der Waals surface area (Å²) in [7, 11) is -3.57. The predicted octanol–water partition coefficient (Wildman–Crippen LogP) is 5.62. The highest BCUT2D eigenvalue weighted by Gasteiger charge is 2.45. The van der Waals surface area contributed by atoms with E-state index in [0.717, 1.165) is 60.3 Å². The first-order chi connectivity index (χ1) is 19.9. The molecule has 3 atom stereocenters. The van der Waals surface area contributed by atoms with Gasteiger partial charge in [0, 0.05) is 24.6 Å². The number of rotatable bonds is 10. The highest BCUT2D eigenvalue weighted by atomic mass is 32.2. The number of aliphatic hydroxyl groups excluding tert-OH is 1. The van der Waals surface area contributed by atoms with Crippen LogP contribution < -0.4 is 15.4 Å². The maximum absolute atomic E-state index is 13.4. The zero-order chi connectivity index (χ0) is 30.1. The van der Waals surface area contributed by atoms with Crippen molar-refractivity contribution < 1.29 is 23.1 Å². The van der Waals surface area contributed by atoms with E-state index in [2.05, 4.69) is 35.8 Å². The average molecular weight is 611 g/mol. The molecule has 2 aliphatic rings. The summed E-state index contributed by atoms with van der Waals surface area (Å²) in [5, 5.41) is 18.1. The third-order valence-electron chi connectivity index (χ3n) is 8.55. The number of hydrogen-bond acceptors (Lipinski definition) is 7. The second kappa shape index (κ2) is 12.1. The van der Waals surface area contributed by atoms with Crippen LogP contribution in [-0.2, 0) is 22.7 Å². The molecule has 2 aromatic carbocycles. The number of aryl methyl sites for hydroxylation is 1. The fourth-order valence-electron chi connectivity index (χ4n) is 5.68. The normalized spacial score (nSPS) is 19.3. The summed E-state index contributed by atoms with van der Waals surface area (Å²) in [5.74, 6) is 0.519. The van der Waals surface area contributed by atoms with Crippen molar-refractivity contribution in [3.8, 4) is 5.75 Å². The number of benzene rings is 2. The number of nitrogens with one attached hydrogen (secondary N) is 2. The highest BCUT2D eigenvalue weighted by molar-refractivity contribution is 7.94. The number of carbonyl (C=O) groups is 1. The molecule has 226 valence electrons. The number of sulfone groups is 1. The molecule has 3 N–H and O–H groups in total. The molecule has 42 heavy (non-hydrogen) atoms. The van der Waals surface area contributed by atoms with Gasteiger partial charge in [-0.1, -0.05) is 49.4 Å². The standard InChI is InChI=1S/C33H42N2O5S2/c1-5-22-12-13-28-24(18-22)26(20-33(40-28)16-9-17-33)34-21-27(36)25(19-23-10-7-6-8-11-23)35-31(37)29-14-15-30(41-29)42(38,39)32(2,3)4/h6-8,10-15,18,25-27,34,36H,5,9,16-17,19-21H2,1-4H3,(H,35,37)/t25-,26-,27-/m0/s1. The molecule has 1 aliphatic carbocycles. The van der Waals surface area contributed by atoms with Gasteiger partial charge in [0.2, 0.25) is 0 Å². The van der Waals surface area contributed by atoms with Crippen molar-refractivity contribution in [2.75, 3.05) is 6.54 Å². The van der Waals surface area contributed by atoms with E-state index < -0.39 is 32.6 Å². The van der Waals surface area contributed by atoms with Crippen LogP contribution in [0.1, 0.15) is 85.8 Å². The van der Waals surface area contributed by atoms with Gasteiger partial charge in [-0.3, -0.25) is 4.79 Å². The molecule has 0 bridgehead atoms. The Labute approximate surface area is 253 Å². The van der Waals surface area contributed by atoms with Crippen LogP contribution in [0.3, 0.4) is 0 Å². The van der Waals surface area contributed by atoms with E-state index in [-0.39, 0.29) is 22.4 Å². The minimum Gasteiger partial charge on any atom is -0.487 e. The fraction of sp³-hybridized carbons (Fsp3) is 0.485. The molecule has 1 amide bonds. The van der Waals surface area contributed by atoms with Gasteiger partial charge in [0.1, 0.15) is 15.6 Å². The SMILES string of the molecule is CCc1ccc2c(c1)[C@@H](NC[C@H](O)[C@H](Cc1ccccc1)NC(=O)c1ccc(S(=O)(=O)C(C)(C)C)s1)CC1(CCC1)O2. The number of fused-ring (bicyclic) bond motifs is 1. The third-order valence-corrected chi connectivity index (χ3v) is 12.6. The Balaban J connectivity index is 1.33. The van der Waals surface area contributed by atoms with Gasteiger partial charge in [-0.05, 0) is 82.2 Å². The summed E-state index contributed by atoms with van der Waals surface area (Å²) >= 11 is 0.964. The van der Waals surface area contributed by atoms with Crippen LogP contribution in [0.25, 0.3) is 0 Å². The van der Waals surface area contributed by atoms with Gasteiger partial charge in [0.05, 0.1) is 21.8 Å². The Hall–Kier alpha value is -2.72. The molecule has 2 heterocycles. The smallest absolute Gasteiger partial charge is 0.261 e. The first-order valence-corrected chi connectivity index (χ1v) is 17.1. The zero-order valence-electron chi connectivity index (χ0n) is 24.9. The largest absolute Gasteiger partial charge is 0.487 e. The van der Waals surface area contributed by atoms with Gasteiger partial charge in [-0.2, -0.15) is 0 Å². The van der Waals surface area contributed by atoms with E-state index in [1.54, 1.807) is 26.8 Å². The zero-order valence-corrected chi connectivity index (χ0v) is 26.5. The number of amides is 1. The molecular weight excluding hydrogens is 569 g/mol. The average Bonchev–Trinajstić information content (AvgIpc) is 3.45. The second-order valence-corrected chi connectivity index (χ2v) is 16.6. The van der Waals surface area contributed by atoms with E-state index >= 15 is 0 Å². The van der Waals surface area contributed by atoms with E-state index in [1.807, 2.05) is 30.3 Å². The maximum atomic E-state index is 13.4. The first kappa shape index (κ1) is 30.7. The van der Waals surface area contributed by atoms with Crippen molar-refractivity contribution in [1.82, 2.24) is 10.6 Å². The predicted molar refractivity (Wildman–Crippen MR) is 167 cm³/mol. The lowest BCUT2D eigenvalue weighted by molar-refractivity contribution is -0.0382. The molecule has 1 spiro atoms. The van der Waals surface area contributed by atoms with Gasteiger partial charge in [0.15, 0.2) is 9.84 Å². The summed E-state index contributed by atoms with van der Waals surface area (Å²) in [6.45, 7) is 7.36. The summed E-state index contributed by atoms with van der Waals surface area (Å²) < 4.78 is 31.5. The monoisotopic (exact) mass is 610 g/mol. The Bertz CT molecular complexity index is 1510. The Kier molecular flexibility index (Phi) is 8.86. The van der Waals surface area contributed by atoms with Crippen molar-refractivity contribution in [2.45, 2.75) is 99.0 Å². The lowest BCUT2D eigenvalue weighted by Crippen LogP contribution is -2.52. The Morgan fingerprint density at radius 1 is 1.10 bits per heavy atom. The number of ether oxygens (including phenoxy) is 1. The van der Waals surface area contributed by atoms with Crippen molar-refractivity contribution in [2.24, 2.45) is 0 Å². The van der Waals surface area contributed by atoms with Crippen molar-refractivity contribution in [1.29, 1.82) is 0 Å². The number of thiophene rings is 1. The molecule has 1 fully saturated rings. The number of hydrogen-bond donors (Lipinski definition) is 3. The van der Waals surface area contributed by atoms with Gasteiger partial charge in [-0.15, -0.1) is 11.3 Å². The molecule has 5 rings (SSSR count). The second-order valence-electron chi connectivity index (χ2n) is 12.6. The molecule has 9 heteroatoms. The molecule has 3 aromatic rings. The minimum atomic E-state index is -3.57. The summed E-state index contributed by atoms with van der Waals surface area (Å²) in [6.07, 6.45) is 4.54. The lowest BCUT2D eigenvalue weighted by atomic mass is 9.72. The van der Waals surface area contributed by atoms with Crippen molar-refractivity contribution >= 4 is 27.1 Å². The van der Waals surface area contributed by atoms with Crippen LogP contribution in [0.5, 0.6) is 5.75 Å². The highest BCUT2D eigenvalue weighted by Crippen LogP contribution is 2.49. The van der Waals surface area contributed by atoms with Crippen LogP contribution >= 0.6 is 11.3 Å². The molecule has 0 saturated heterocycles. The molecule has 7 nitrogen and oxygen atoms in total. The van der Waals surface area contributed by atoms with Gasteiger partial charge in [-0.25, -0.2) is 8.42 Å². The molecule has 1 aliphatic heterocycles. The first-order valence-electron chi connectivity index (χ1n) is 14.8. The van der Waals surface area contributed by atoms with Crippen LogP contribution in [-0.4, -0.2) is 48.5 Å². The van der Waals surface area contributed by atoms with E-state index in [0.29, 0.717) is 11.3 Å². The van der Waals surface area contributed by atoms with Crippen LogP contribution in [0, 0.1) is 0 Å². The fourth-order valence-corrected chi connectivity index (χ4v) is 8.63. The van der Waals surface area contributed by atoms with E-state index in [4.69, 9.17) is 4.74 Å². The number of carbonyl (C=O) groups excluding carboxylic acids is 1. The van der Waals surface area contributed by atoms with Crippen molar-refractivity contribution in [3.05, 3.63) is 82.2 Å². The summed E-state index contributed by atoms with van der Waals surface area (Å²) in [6, 6.07) is 18.6. The summed E-state index contributed by atoms with van der Waals surface area (Å²) in [4.78, 5) is 13.7. The quantitative estimate of drug-likeness (QED) is 0.275. The van der Waals surface area contributed by atoms with E-state index in [9.17, 15) is 18.3 Å². The Morgan fingerprint density at radius 2 is 1.83 bits per heavy atom. The minimum absolute atomic E-state index is 0.0331. The van der Waals surface area contributed by atoms with Crippen molar-refractivity contribution in [3.63, 3.8) is 0 Å².